The third kappa shape index (κ3) is 12.5. The quantitative estimate of drug-likeness (QED) is 0.182. The van der Waals surface area contributed by atoms with E-state index in [1.165, 1.54) is 6.92 Å². The van der Waals surface area contributed by atoms with Crippen molar-refractivity contribution in [3.8, 4) is 0 Å². The van der Waals surface area contributed by atoms with Crippen molar-refractivity contribution in [3.63, 3.8) is 0 Å². The Morgan fingerprint density at radius 3 is 1.54 bits per heavy atom. The van der Waals surface area contributed by atoms with Gasteiger partial charge in [-0.05, 0) is 54.6 Å². The van der Waals surface area contributed by atoms with Crippen LogP contribution < -0.4 is 37.2 Å². The Labute approximate surface area is 331 Å². The van der Waals surface area contributed by atoms with Gasteiger partial charge in [0.1, 0.15) is 36.3 Å². The first-order chi connectivity index (χ1) is 26.2. The van der Waals surface area contributed by atoms with E-state index in [9.17, 15) is 33.9 Å². The van der Waals surface area contributed by atoms with Gasteiger partial charge in [-0.1, -0.05) is 87.4 Å². The van der Waals surface area contributed by atoms with Gasteiger partial charge in [-0.15, -0.1) is 0 Å². The molecular weight excluding hydrogens is 716 g/mol. The van der Waals surface area contributed by atoms with Crippen LogP contribution in [0.4, 0.5) is 0 Å². The number of para-hydroxylation sites is 1. The minimum atomic E-state index is -1.19. The monoisotopic (exact) mass is 783 g/mol. The molecule has 2 unspecified atom stereocenters. The van der Waals surface area contributed by atoms with E-state index in [1.54, 1.807) is 47.7 Å². The number of rotatable bonds is 9. The minimum absolute atomic E-state index is 0.0342. The zero-order valence-corrected chi connectivity index (χ0v) is 34.9. The summed E-state index contributed by atoms with van der Waals surface area (Å²) in [5.41, 5.74) is 1.66. The van der Waals surface area contributed by atoms with Gasteiger partial charge < -0.3 is 47.3 Å². The number of aromatic nitrogens is 1. The first-order valence-corrected chi connectivity index (χ1v) is 20.0. The molecule has 0 bridgehead atoms. The number of carbonyl (C=O) groups excluding carboxylic acids is 6. The van der Waals surface area contributed by atoms with Gasteiger partial charge in [0.05, 0.1) is 6.10 Å². The molecule has 1 aromatic heterocycles. The second-order valence-electron chi connectivity index (χ2n) is 17.0. The van der Waals surface area contributed by atoms with Crippen LogP contribution in [0.1, 0.15) is 88.1 Å². The molecule has 0 radical (unpaired) electrons. The maximum absolute atomic E-state index is 14.3. The lowest BCUT2D eigenvalue weighted by Gasteiger charge is -2.31. The molecule has 312 valence electrons. The number of carbonyl (C=O) groups is 6. The number of fused-ring (bicyclic) bond motifs is 1. The summed E-state index contributed by atoms with van der Waals surface area (Å²) < 4.78 is 0. The summed E-state index contributed by atoms with van der Waals surface area (Å²) >= 11 is 0. The highest BCUT2D eigenvalue weighted by Crippen LogP contribution is 2.20. The molecule has 9 N–H and O–H groups in total. The Balaban J connectivity index is 2.12. The highest BCUT2D eigenvalue weighted by Gasteiger charge is 2.37. The molecular formula is C41H66N8O7. The van der Waals surface area contributed by atoms with Crippen molar-refractivity contribution in [3.05, 3.63) is 36.0 Å². The molecule has 15 nitrogen and oxygen atoms in total. The second kappa shape index (κ2) is 20.6. The minimum Gasteiger partial charge on any atom is -0.391 e. The normalized spacial score (nSPS) is 26.4. The summed E-state index contributed by atoms with van der Waals surface area (Å²) in [5, 5.41) is 31.9. The molecule has 1 saturated heterocycles. The molecule has 6 amide bonds. The molecule has 15 heteroatoms. The average Bonchev–Trinajstić information content (AvgIpc) is 3.51. The number of hydrogen-bond donors (Lipinski definition) is 9. The highest BCUT2D eigenvalue weighted by atomic mass is 16.3. The fourth-order valence-corrected chi connectivity index (χ4v) is 6.77. The summed E-state index contributed by atoms with van der Waals surface area (Å²) in [6.45, 7) is 19.7. The first kappa shape index (κ1) is 45.9. The Morgan fingerprint density at radius 1 is 0.571 bits per heavy atom. The number of nitrogens with one attached hydrogen (secondary N) is 8. The van der Waals surface area contributed by atoms with E-state index in [0.29, 0.717) is 0 Å². The van der Waals surface area contributed by atoms with Crippen LogP contribution in [0.25, 0.3) is 10.9 Å². The predicted molar refractivity (Wildman–Crippen MR) is 216 cm³/mol. The number of hydrogen-bond acceptors (Lipinski definition) is 8. The molecule has 0 saturated carbocycles. The Morgan fingerprint density at radius 2 is 1.04 bits per heavy atom. The molecule has 0 spiro atoms. The number of benzene rings is 1. The number of aliphatic hydroxyl groups is 1. The van der Waals surface area contributed by atoms with Gasteiger partial charge in [0.25, 0.3) is 0 Å². The van der Waals surface area contributed by atoms with E-state index in [1.807, 2.05) is 52.0 Å². The molecule has 1 fully saturated rings. The van der Waals surface area contributed by atoms with E-state index in [2.05, 4.69) is 42.2 Å². The Kier molecular flexibility index (Phi) is 16.9. The van der Waals surface area contributed by atoms with E-state index in [-0.39, 0.29) is 31.2 Å². The Bertz CT molecular complexity index is 1670. The van der Waals surface area contributed by atoms with Gasteiger partial charge in [-0.2, -0.15) is 0 Å². The second-order valence-corrected chi connectivity index (χ2v) is 17.0. The lowest BCUT2D eigenvalue weighted by atomic mass is 9.97. The SMILES string of the molecule is CC(C)C[C@H]1NC(=O)C(C(C)C)NC(=O)[C@@H](C(C)C)NC(=O)[C@H](C(C)O)NC[C@H](C(C)C)NC(=O)[C@@H](Cc2c[nH]c3ccccc23)NC(=O)[C@H](C(C)C)NC1=O. The molecule has 56 heavy (non-hydrogen) atoms. The number of amides is 6. The molecule has 1 aliphatic heterocycles. The van der Waals surface area contributed by atoms with Crippen LogP contribution in [0.2, 0.25) is 0 Å². The lowest BCUT2D eigenvalue weighted by molar-refractivity contribution is -0.137. The largest absolute Gasteiger partial charge is 0.391 e. The van der Waals surface area contributed by atoms with Crippen LogP contribution in [0.5, 0.6) is 0 Å². The summed E-state index contributed by atoms with van der Waals surface area (Å²) in [6, 6.07) is 0.560. The van der Waals surface area contributed by atoms with Crippen molar-refractivity contribution in [2.75, 3.05) is 6.54 Å². The number of aliphatic hydroxyl groups excluding tert-OH is 1. The smallest absolute Gasteiger partial charge is 0.243 e. The average molecular weight is 783 g/mol. The van der Waals surface area contributed by atoms with Crippen molar-refractivity contribution < 1.29 is 33.9 Å². The molecule has 2 aromatic rings. The Hall–Kier alpha value is -4.50. The molecule has 1 aromatic carbocycles. The topological polar surface area (TPSA) is 223 Å². The van der Waals surface area contributed by atoms with Crippen LogP contribution in [0.3, 0.4) is 0 Å². The third-order valence-electron chi connectivity index (χ3n) is 10.3. The maximum Gasteiger partial charge on any atom is 0.243 e. The van der Waals surface area contributed by atoms with E-state index in [4.69, 9.17) is 0 Å². The molecule has 3 rings (SSSR count). The van der Waals surface area contributed by atoms with Crippen LogP contribution in [0, 0.1) is 29.6 Å². The zero-order valence-electron chi connectivity index (χ0n) is 34.9. The lowest BCUT2D eigenvalue weighted by Crippen LogP contribution is -2.62. The summed E-state index contributed by atoms with van der Waals surface area (Å²) in [5.74, 6) is -4.88. The van der Waals surface area contributed by atoms with Gasteiger partial charge in [-0.3, -0.25) is 28.8 Å². The summed E-state index contributed by atoms with van der Waals surface area (Å²) in [4.78, 5) is 87.0. The number of aromatic amines is 1. The van der Waals surface area contributed by atoms with Crippen LogP contribution in [-0.2, 0) is 35.2 Å². The van der Waals surface area contributed by atoms with Crippen LogP contribution >= 0.6 is 0 Å². The van der Waals surface area contributed by atoms with Gasteiger partial charge >= 0.3 is 0 Å². The molecule has 0 aliphatic carbocycles. The van der Waals surface area contributed by atoms with Crippen LogP contribution in [-0.4, -0.2) is 100 Å². The number of H-pyrrole nitrogens is 1. The first-order valence-electron chi connectivity index (χ1n) is 20.0. The third-order valence-corrected chi connectivity index (χ3v) is 10.3. The summed E-state index contributed by atoms with van der Waals surface area (Å²) in [6.07, 6.45) is 0.975. The predicted octanol–water partition coefficient (Wildman–Crippen LogP) is 1.64. The van der Waals surface area contributed by atoms with Crippen LogP contribution in [0.15, 0.2) is 30.5 Å². The van der Waals surface area contributed by atoms with E-state index >= 15 is 0 Å². The van der Waals surface area contributed by atoms with Gasteiger partial charge in [0.2, 0.25) is 35.4 Å². The van der Waals surface area contributed by atoms with E-state index in [0.717, 1.165) is 16.5 Å². The highest BCUT2D eigenvalue weighted by molar-refractivity contribution is 5.97. The zero-order chi connectivity index (χ0) is 42.0. The maximum atomic E-state index is 14.3. The van der Waals surface area contributed by atoms with Gasteiger partial charge in [0.15, 0.2) is 0 Å². The van der Waals surface area contributed by atoms with Crippen molar-refractivity contribution in [1.29, 1.82) is 0 Å². The fourth-order valence-electron chi connectivity index (χ4n) is 6.77. The fraction of sp³-hybridized carbons (Fsp3) is 0.659. The van der Waals surface area contributed by atoms with Crippen molar-refractivity contribution >= 4 is 46.3 Å². The van der Waals surface area contributed by atoms with Gasteiger partial charge in [-0.25, -0.2) is 0 Å². The van der Waals surface area contributed by atoms with E-state index < -0.39 is 102 Å². The molecule has 2 heterocycles. The van der Waals surface area contributed by atoms with Crippen molar-refractivity contribution in [2.45, 2.75) is 137 Å². The molecule has 1 aliphatic rings. The van der Waals surface area contributed by atoms with Crippen molar-refractivity contribution in [1.82, 2.24) is 42.2 Å². The van der Waals surface area contributed by atoms with Gasteiger partial charge in [0, 0.05) is 36.1 Å². The van der Waals surface area contributed by atoms with Crippen molar-refractivity contribution in [2.24, 2.45) is 29.6 Å². The standard InChI is InChI=1S/C41H66N8O7/c1-20(2)16-29-37(52)47-32(22(5)6)38(53)45-30(17-26-18-42-28-15-13-12-14-27(26)28)36(51)46-31(21(3)4)19-43-35(25(11)50)41(56)49-34(24(9)10)40(55)48-33(23(7)8)39(54)44-29/h12-15,18,20-25,29-35,42-43,50H,16-17,19H2,1-11H3,(H,44,54)(H,45,53)(H,46,51)(H,47,52)(H,48,55)(H,49,56)/t25?,29-,30-,31-,32+,33?,34-,35+/m1/s1. The summed E-state index contributed by atoms with van der Waals surface area (Å²) in [7, 11) is 0. The molecule has 8 atom stereocenters.